The van der Waals surface area contributed by atoms with Gasteiger partial charge in [0.25, 0.3) is 0 Å². The lowest BCUT2D eigenvalue weighted by molar-refractivity contribution is 0.213. The zero-order valence-corrected chi connectivity index (χ0v) is 7.53. The van der Waals surface area contributed by atoms with Crippen molar-refractivity contribution in [3.8, 4) is 0 Å². The summed E-state index contributed by atoms with van der Waals surface area (Å²) in [5.41, 5.74) is 9.10. The summed E-state index contributed by atoms with van der Waals surface area (Å²) in [6.07, 6.45) is 3.22. The zero-order valence-electron chi connectivity index (χ0n) is 6.64. The molecule has 0 bridgehead atoms. The Morgan fingerprint density at radius 2 is 2.46 bits per heavy atom. The molecule has 1 aromatic rings. The maximum Gasteiger partial charge on any atom is 0.205 e. The molecule has 2 heterocycles. The lowest BCUT2D eigenvalue weighted by atomic mass is 10.4. The predicted molar refractivity (Wildman–Crippen MR) is 52.4 cm³/mol. The van der Waals surface area contributed by atoms with E-state index >= 15 is 0 Å². The average Bonchev–Trinajstić information content (AvgIpc) is 2.53. The van der Waals surface area contributed by atoms with Crippen LogP contribution in [-0.4, -0.2) is 4.98 Å². The van der Waals surface area contributed by atoms with Crippen molar-refractivity contribution >= 4 is 24.1 Å². The Kier molecular flexibility index (Phi) is 1.90. The zero-order chi connectivity index (χ0) is 9.26. The molecule has 0 amide bonds. The topological polar surface area (TPSA) is 63.4 Å². The van der Waals surface area contributed by atoms with E-state index in [9.17, 15) is 0 Å². The molecule has 0 unspecified atom stereocenters. The fourth-order valence-electron chi connectivity index (χ4n) is 0.960. The summed E-state index contributed by atoms with van der Waals surface area (Å²) in [6.45, 7) is 0. The van der Waals surface area contributed by atoms with Crippen molar-refractivity contribution in [3.05, 3.63) is 29.6 Å². The summed E-state index contributed by atoms with van der Waals surface area (Å²) in [4.78, 5) is 9.07. The Balaban J connectivity index is 2.23. The lowest BCUT2D eigenvalue weighted by Gasteiger charge is -2.17. The first-order valence-electron chi connectivity index (χ1n) is 3.61. The quantitative estimate of drug-likeness (QED) is 0.575. The first kappa shape index (κ1) is 8.06. The number of anilines is 2. The Morgan fingerprint density at radius 3 is 3.08 bits per heavy atom. The highest BCUT2D eigenvalue weighted by Crippen LogP contribution is 2.23. The van der Waals surface area contributed by atoms with Crippen LogP contribution in [0.15, 0.2) is 29.6 Å². The number of hydrogen-bond acceptors (Lipinski definition) is 6. The number of nitrogen functional groups attached to an aromatic ring is 1. The van der Waals surface area contributed by atoms with Crippen molar-refractivity contribution in [2.45, 2.75) is 0 Å². The minimum absolute atomic E-state index is 0.395. The summed E-state index contributed by atoms with van der Waals surface area (Å²) in [7, 11) is 0. The highest BCUT2D eigenvalue weighted by molar-refractivity contribution is 7.84. The van der Waals surface area contributed by atoms with Gasteiger partial charge in [-0.2, -0.15) is 0 Å². The third-order valence-corrected chi connectivity index (χ3v) is 1.74. The van der Waals surface area contributed by atoms with E-state index in [1.165, 1.54) is 5.17 Å². The maximum atomic E-state index is 5.62. The number of hydrazine groups is 1. The van der Waals surface area contributed by atoms with Gasteiger partial charge in [-0.25, -0.2) is 4.98 Å². The molecule has 0 aromatic carbocycles. The number of nitrogens with one attached hydrogen (secondary N) is 1. The Labute approximate surface area is 80.5 Å². The van der Waals surface area contributed by atoms with Gasteiger partial charge in [0.2, 0.25) is 5.09 Å². The van der Waals surface area contributed by atoms with Crippen molar-refractivity contribution in [1.29, 1.82) is 0 Å². The smallest absolute Gasteiger partial charge is 0.205 e. The molecule has 0 atom stereocenters. The number of hydrogen-bond donors (Lipinski definition) is 3. The standard InChI is InChI=1S/C7H8N4OS/c8-7-5(2-1-3-9-7)11-10-4-6(13)12-11/h1-4,10,13H,(H2,8,9). The molecule has 3 N–H and O–H groups in total. The van der Waals surface area contributed by atoms with Crippen LogP contribution in [0.25, 0.3) is 0 Å². The largest absolute Gasteiger partial charge is 0.382 e. The molecule has 2 rings (SSSR count). The molecule has 5 nitrogen and oxygen atoms in total. The van der Waals surface area contributed by atoms with E-state index in [-0.39, 0.29) is 0 Å². The van der Waals surface area contributed by atoms with Crippen molar-refractivity contribution in [2.24, 2.45) is 0 Å². The van der Waals surface area contributed by atoms with Crippen LogP contribution in [0.2, 0.25) is 0 Å². The van der Waals surface area contributed by atoms with Crippen LogP contribution in [-0.2, 0) is 4.84 Å². The molecule has 0 spiro atoms. The molecule has 1 aliphatic rings. The molecule has 0 fully saturated rings. The second-order valence-corrected chi connectivity index (χ2v) is 2.85. The van der Waals surface area contributed by atoms with Crippen LogP contribution in [0.1, 0.15) is 0 Å². The number of nitrogens with zero attached hydrogens (tertiary/aromatic N) is 2. The molecule has 0 saturated heterocycles. The number of thiol groups is 1. The molecular formula is C7H8N4OS. The Hall–Kier alpha value is -1.56. The lowest BCUT2D eigenvalue weighted by Crippen LogP contribution is -2.29. The van der Waals surface area contributed by atoms with Gasteiger partial charge in [0, 0.05) is 6.20 Å². The number of rotatable bonds is 1. The maximum absolute atomic E-state index is 5.62. The molecule has 0 saturated carbocycles. The van der Waals surface area contributed by atoms with Gasteiger partial charge in [0.05, 0.1) is 6.20 Å². The fraction of sp³-hybridized carbons (Fsp3) is 0. The van der Waals surface area contributed by atoms with Crippen LogP contribution in [0, 0.1) is 0 Å². The highest BCUT2D eigenvalue weighted by Gasteiger charge is 2.16. The SMILES string of the molecule is Nc1ncccc1N1NC=C(S)O1. The van der Waals surface area contributed by atoms with Crippen molar-refractivity contribution < 1.29 is 4.84 Å². The molecule has 6 heteroatoms. The van der Waals surface area contributed by atoms with Crippen molar-refractivity contribution in [3.63, 3.8) is 0 Å². The van der Waals surface area contributed by atoms with Crippen LogP contribution in [0.5, 0.6) is 0 Å². The van der Waals surface area contributed by atoms with Gasteiger partial charge in [-0.3, -0.25) is 5.43 Å². The van der Waals surface area contributed by atoms with Crippen LogP contribution in [0.4, 0.5) is 11.5 Å². The number of aromatic nitrogens is 1. The van der Waals surface area contributed by atoms with Gasteiger partial charge < -0.3 is 10.6 Å². The van der Waals surface area contributed by atoms with Crippen LogP contribution < -0.4 is 16.3 Å². The monoisotopic (exact) mass is 196 g/mol. The van der Waals surface area contributed by atoms with Gasteiger partial charge in [-0.1, -0.05) is 0 Å². The van der Waals surface area contributed by atoms with Crippen LogP contribution in [0.3, 0.4) is 0 Å². The summed E-state index contributed by atoms with van der Waals surface area (Å²) in [5.74, 6) is 0.395. The van der Waals surface area contributed by atoms with Crippen molar-refractivity contribution in [2.75, 3.05) is 10.9 Å². The van der Waals surface area contributed by atoms with E-state index < -0.39 is 0 Å². The number of pyridine rings is 1. The second-order valence-electron chi connectivity index (χ2n) is 2.41. The van der Waals surface area contributed by atoms with Crippen LogP contribution >= 0.6 is 12.6 Å². The fourth-order valence-corrected chi connectivity index (χ4v) is 1.10. The van der Waals surface area contributed by atoms with E-state index in [2.05, 4.69) is 23.0 Å². The Bertz CT molecular complexity index is 354. The molecule has 1 aliphatic heterocycles. The summed E-state index contributed by atoms with van der Waals surface area (Å²) in [5, 5.41) is 1.87. The number of nitrogens with two attached hydrogens (primary N) is 1. The van der Waals surface area contributed by atoms with Gasteiger partial charge in [0.15, 0.2) is 5.82 Å². The van der Waals surface area contributed by atoms with E-state index in [1.54, 1.807) is 24.5 Å². The van der Waals surface area contributed by atoms with E-state index in [4.69, 9.17) is 10.6 Å². The summed E-state index contributed by atoms with van der Waals surface area (Å²) in [6, 6.07) is 3.56. The van der Waals surface area contributed by atoms with E-state index in [1.807, 2.05) is 0 Å². The summed E-state index contributed by atoms with van der Waals surface area (Å²) < 4.78 is 0. The molecule has 0 radical (unpaired) electrons. The third kappa shape index (κ3) is 1.48. The Morgan fingerprint density at radius 1 is 1.62 bits per heavy atom. The van der Waals surface area contributed by atoms with Crippen molar-refractivity contribution in [1.82, 2.24) is 10.4 Å². The third-order valence-electron chi connectivity index (χ3n) is 1.53. The van der Waals surface area contributed by atoms with Gasteiger partial charge in [-0.05, 0) is 12.1 Å². The second kappa shape index (κ2) is 3.06. The highest BCUT2D eigenvalue weighted by atomic mass is 32.1. The summed E-state index contributed by atoms with van der Waals surface area (Å²) >= 11 is 4.01. The molecular weight excluding hydrogens is 188 g/mol. The first-order chi connectivity index (χ1) is 6.27. The van der Waals surface area contributed by atoms with E-state index in [0.717, 1.165) is 0 Å². The molecule has 0 aliphatic carbocycles. The van der Waals surface area contributed by atoms with Gasteiger partial charge >= 0.3 is 0 Å². The molecule has 13 heavy (non-hydrogen) atoms. The predicted octanol–water partition coefficient (Wildman–Crippen LogP) is 0.649. The van der Waals surface area contributed by atoms with Gasteiger partial charge in [-0.15, -0.1) is 17.8 Å². The average molecular weight is 196 g/mol. The molecule has 1 aromatic heterocycles. The minimum Gasteiger partial charge on any atom is -0.382 e. The normalized spacial score (nSPS) is 14.8. The van der Waals surface area contributed by atoms with Gasteiger partial charge in [0.1, 0.15) is 5.69 Å². The van der Waals surface area contributed by atoms with E-state index in [0.29, 0.717) is 16.6 Å². The minimum atomic E-state index is 0.395. The first-order valence-corrected chi connectivity index (χ1v) is 4.06. The molecule has 68 valence electrons.